The molecule has 0 bridgehead atoms. The lowest BCUT2D eigenvalue weighted by molar-refractivity contribution is 0.891. The van der Waals surface area contributed by atoms with Gasteiger partial charge in [0.05, 0.1) is 42.9 Å². The topological polar surface area (TPSA) is 35.6 Å². The average molecular weight is 446 g/mol. The zero-order chi connectivity index (χ0) is 23.0. The van der Waals surface area contributed by atoms with Gasteiger partial charge in [-0.1, -0.05) is 36.0 Å². The van der Waals surface area contributed by atoms with Crippen molar-refractivity contribution in [2.24, 2.45) is 0 Å². The van der Waals surface area contributed by atoms with Crippen molar-refractivity contribution in [3.05, 3.63) is 58.9 Å². The summed E-state index contributed by atoms with van der Waals surface area (Å²) in [5.41, 5.74) is 14.6. The van der Waals surface area contributed by atoms with Crippen LogP contribution in [0.25, 0.3) is 33.2 Å². The Labute approximate surface area is 195 Å². The van der Waals surface area contributed by atoms with Crippen molar-refractivity contribution >= 4 is 58.2 Å². The molecule has 0 fully saturated rings. The summed E-state index contributed by atoms with van der Waals surface area (Å²) in [4.78, 5) is 0. The molecule has 3 aromatic carbocycles. The number of fused-ring (bicyclic) bond motifs is 4. The second-order valence-corrected chi connectivity index (χ2v) is 16.1. The molecule has 0 spiro atoms. The molecule has 0 saturated carbocycles. The molecule has 33 heavy (non-hydrogen) atoms. The molecule has 0 aliphatic carbocycles. The number of rotatable bonds is 1. The molecule has 0 atom stereocenters. The summed E-state index contributed by atoms with van der Waals surface area (Å²) >= 11 is 0. The Kier molecular flexibility index (Phi) is 3.44. The lowest BCUT2D eigenvalue weighted by Crippen LogP contribution is -2.62. The molecule has 2 aromatic heterocycles. The molecule has 4 heterocycles. The van der Waals surface area contributed by atoms with Gasteiger partial charge < -0.3 is 0 Å². The molecular formula is C27H27BN4Si. The number of aromatic nitrogens is 4. The first-order valence-corrected chi connectivity index (χ1v) is 15.3. The van der Waals surface area contributed by atoms with Gasteiger partial charge in [-0.15, -0.1) is 0 Å². The summed E-state index contributed by atoms with van der Waals surface area (Å²) in [6.45, 7) is 16.5. The average Bonchev–Trinajstić information content (AvgIpc) is 3.37. The van der Waals surface area contributed by atoms with Crippen LogP contribution in [0, 0.1) is 27.7 Å². The molecule has 7 rings (SSSR count). The van der Waals surface area contributed by atoms with Crippen LogP contribution in [-0.2, 0) is 0 Å². The summed E-state index contributed by atoms with van der Waals surface area (Å²) in [7, 11) is -1.57. The third-order valence-corrected chi connectivity index (χ3v) is 10.2. The standard InChI is InChI=1S/C27H27BN4Si/c1-14-8-18-12-29-31-21-10-20(33(5,6)7)11-22-25(21)28(23(16(14)3)26(18)31)24-17(4)15(2)9-19-13-30-32(22)27(19)24/h8-13H,1-7H3. The molecule has 4 nitrogen and oxygen atoms in total. The third kappa shape index (κ3) is 2.22. The van der Waals surface area contributed by atoms with Crippen molar-refractivity contribution < 1.29 is 0 Å². The van der Waals surface area contributed by atoms with Crippen molar-refractivity contribution in [3.8, 4) is 11.4 Å². The summed E-state index contributed by atoms with van der Waals surface area (Å²) < 4.78 is 4.43. The first-order valence-electron chi connectivity index (χ1n) is 11.8. The van der Waals surface area contributed by atoms with E-state index < -0.39 is 8.07 Å². The zero-order valence-corrected chi connectivity index (χ0v) is 21.3. The fraction of sp³-hybridized carbons (Fsp3) is 0.259. The van der Waals surface area contributed by atoms with Crippen LogP contribution in [0.4, 0.5) is 0 Å². The predicted molar refractivity (Wildman–Crippen MR) is 142 cm³/mol. The lowest BCUT2D eigenvalue weighted by Gasteiger charge is -2.35. The van der Waals surface area contributed by atoms with Crippen molar-refractivity contribution in [1.82, 2.24) is 19.6 Å². The Morgan fingerprint density at radius 3 is 1.55 bits per heavy atom. The van der Waals surface area contributed by atoms with Gasteiger partial charge in [-0.3, -0.25) is 0 Å². The molecule has 0 radical (unpaired) electrons. The highest BCUT2D eigenvalue weighted by Crippen LogP contribution is 2.32. The van der Waals surface area contributed by atoms with E-state index in [0.717, 1.165) is 0 Å². The smallest absolute Gasteiger partial charge is 0.234 e. The first-order chi connectivity index (χ1) is 15.7. The van der Waals surface area contributed by atoms with Gasteiger partial charge >= 0.3 is 0 Å². The Morgan fingerprint density at radius 2 is 1.12 bits per heavy atom. The van der Waals surface area contributed by atoms with Gasteiger partial charge in [0.15, 0.2) is 0 Å². The molecule has 0 saturated heterocycles. The summed E-state index contributed by atoms with van der Waals surface area (Å²) in [5.74, 6) is 0. The Balaban J connectivity index is 1.78. The van der Waals surface area contributed by atoms with Crippen LogP contribution in [-0.4, -0.2) is 34.3 Å². The Bertz CT molecular complexity index is 1580. The van der Waals surface area contributed by atoms with E-state index in [-0.39, 0.29) is 6.71 Å². The summed E-state index contributed by atoms with van der Waals surface area (Å²) in [6, 6.07) is 9.47. The maximum absolute atomic E-state index is 4.94. The van der Waals surface area contributed by atoms with Crippen LogP contribution in [0.2, 0.25) is 19.6 Å². The van der Waals surface area contributed by atoms with Gasteiger partial charge in [0.25, 0.3) is 6.71 Å². The van der Waals surface area contributed by atoms with Crippen molar-refractivity contribution in [1.29, 1.82) is 0 Å². The largest absolute Gasteiger partial charge is 0.253 e. The number of hydrogen-bond donors (Lipinski definition) is 0. The van der Waals surface area contributed by atoms with E-state index in [0.29, 0.717) is 0 Å². The van der Waals surface area contributed by atoms with Crippen LogP contribution in [0.1, 0.15) is 22.3 Å². The molecule has 2 aliphatic heterocycles. The number of nitrogens with zero attached hydrogens (tertiary/aromatic N) is 4. The number of benzene rings is 3. The highest BCUT2D eigenvalue weighted by Gasteiger charge is 2.42. The Hall–Kier alpha value is -3.12. The minimum Gasteiger partial charge on any atom is -0.234 e. The maximum Gasteiger partial charge on any atom is 0.253 e. The van der Waals surface area contributed by atoms with Crippen LogP contribution < -0.4 is 21.6 Å². The third-order valence-electron chi connectivity index (χ3n) is 8.17. The first kappa shape index (κ1) is 19.4. The van der Waals surface area contributed by atoms with Crippen LogP contribution in [0.15, 0.2) is 36.7 Å². The molecule has 5 aromatic rings. The van der Waals surface area contributed by atoms with Crippen molar-refractivity contribution in [2.75, 3.05) is 0 Å². The van der Waals surface area contributed by atoms with Crippen molar-refractivity contribution in [3.63, 3.8) is 0 Å². The van der Waals surface area contributed by atoms with Gasteiger partial charge in [0.2, 0.25) is 0 Å². The molecule has 162 valence electrons. The highest BCUT2D eigenvalue weighted by molar-refractivity contribution is 7.01. The monoisotopic (exact) mass is 446 g/mol. The van der Waals surface area contributed by atoms with Gasteiger partial charge in [-0.25, -0.2) is 9.36 Å². The predicted octanol–water partition coefficient (Wildman–Crippen LogP) is 3.29. The second-order valence-electron chi connectivity index (χ2n) is 11.1. The summed E-state index contributed by atoms with van der Waals surface area (Å²) in [5, 5.41) is 13.8. The minimum atomic E-state index is -1.57. The molecule has 0 unspecified atom stereocenters. The number of aryl methyl sites for hydroxylation is 2. The highest BCUT2D eigenvalue weighted by atomic mass is 28.3. The van der Waals surface area contributed by atoms with Crippen LogP contribution in [0.5, 0.6) is 0 Å². The lowest BCUT2D eigenvalue weighted by atomic mass is 9.33. The van der Waals surface area contributed by atoms with E-state index in [1.165, 1.54) is 77.0 Å². The van der Waals surface area contributed by atoms with E-state index in [1.807, 2.05) is 12.4 Å². The summed E-state index contributed by atoms with van der Waals surface area (Å²) in [6.07, 6.45) is 4.10. The fourth-order valence-electron chi connectivity index (χ4n) is 6.14. The molecule has 0 N–H and O–H groups in total. The molecular weight excluding hydrogens is 419 g/mol. The van der Waals surface area contributed by atoms with Crippen LogP contribution in [0.3, 0.4) is 0 Å². The van der Waals surface area contributed by atoms with E-state index in [4.69, 9.17) is 10.2 Å². The van der Waals surface area contributed by atoms with Gasteiger partial charge in [-0.2, -0.15) is 10.2 Å². The number of hydrogen-bond acceptors (Lipinski definition) is 2. The molecule has 6 heteroatoms. The quantitative estimate of drug-likeness (QED) is 0.363. The molecule has 0 amide bonds. The van der Waals surface area contributed by atoms with Gasteiger partial charge in [-0.05, 0) is 79.5 Å². The van der Waals surface area contributed by atoms with E-state index >= 15 is 0 Å². The second kappa shape index (κ2) is 5.86. The van der Waals surface area contributed by atoms with E-state index in [1.54, 1.807) is 0 Å². The van der Waals surface area contributed by atoms with Gasteiger partial charge in [0.1, 0.15) is 0 Å². The van der Waals surface area contributed by atoms with Gasteiger partial charge in [0, 0.05) is 10.8 Å². The molecule has 2 aliphatic rings. The van der Waals surface area contributed by atoms with Crippen molar-refractivity contribution in [2.45, 2.75) is 47.3 Å². The van der Waals surface area contributed by atoms with E-state index in [9.17, 15) is 0 Å². The normalized spacial score (nSPS) is 13.8. The zero-order valence-electron chi connectivity index (χ0n) is 20.3. The SMILES string of the molecule is Cc1cc2cnn3c2c(c1C)B1c2c-3cc([Si](C)(C)C)cc2-n2ncc3cc(C)c(C)c1c32. The fourth-order valence-corrected chi connectivity index (χ4v) is 7.28. The minimum absolute atomic E-state index is 0.198. The Morgan fingerprint density at radius 1 is 0.667 bits per heavy atom. The van der Waals surface area contributed by atoms with E-state index in [2.05, 4.69) is 81.0 Å². The van der Waals surface area contributed by atoms with Crippen LogP contribution >= 0.6 is 0 Å². The maximum atomic E-state index is 4.94.